The maximum atomic E-state index is 12.3. The molecule has 0 atom stereocenters. The Bertz CT molecular complexity index is 363. The van der Waals surface area contributed by atoms with Gasteiger partial charge in [0.05, 0.1) is 6.26 Å². The van der Waals surface area contributed by atoms with Gasteiger partial charge in [0.2, 0.25) is 10.0 Å². The zero-order valence-corrected chi connectivity index (χ0v) is 11.4. The minimum absolute atomic E-state index is 0. The van der Waals surface area contributed by atoms with Gasteiger partial charge in [-0.05, 0) is 24.3 Å². The number of benzene rings is 1. The van der Waals surface area contributed by atoms with Crippen LogP contribution in [0.15, 0.2) is 24.3 Å². The van der Waals surface area contributed by atoms with Crippen LogP contribution < -0.4 is 4.72 Å². The van der Waals surface area contributed by atoms with E-state index in [-0.39, 0.29) is 51.4 Å². The standard InChI is InChI=1S/C7H8FNO2S.K/c1-12(10,11)9-7-4-2-6(8)3-5-7;/h2-5,9H,1H3;. The smallest absolute Gasteiger partial charge is 0.229 e. The molecule has 1 aromatic rings. The molecule has 0 spiro atoms. The van der Waals surface area contributed by atoms with Crippen LogP contribution in [0.1, 0.15) is 0 Å². The maximum absolute atomic E-state index is 12.3. The van der Waals surface area contributed by atoms with Gasteiger partial charge in [-0.1, -0.05) is 0 Å². The van der Waals surface area contributed by atoms with E-state index in [1.807, 2.05) is 0 Å². The molecule has 0 amide bonds. The number of nitrogens with one attached hydrogen (secondary N) is 1. The third kappa shape index (κ3) is 5.77. The van der Waals surface area contributed by atoms with Crippen LogP contribution in [0.4, 0.5) is 10.1 Å². The second-order valence-electron chi connectivity index (χ2n) is 2.38. The normalized spacial score (nSPS) is 10.3. The predicted octanol–water partition coefficient (Wildman–Crippen LogP) is 0.816. The van der Waals surface area contributed by atoms with Gasteiger partial charge in [0.15, 0.2) is 0 Å². The van der Waals surface area contributed by atoms with Gasteiger partial charge in [-0.25, -0.2) is 12.8 Å². The Labute approximate surface area is 119 Å². The Hall–Kier alpha value is 0.536. The summed E-state index contributed by atoms with van der Waals surface area (Å²) < 4.78 is 35.9. The van der Waals surface area contributed by atoms with Crippen LogP contribution in [0, 0.1) is 5.82 Å². The Kier molecular flexibility index (Phi) is 5.65. The largest absolute Gasteiger partial charge is 0.284 e. The van der Waals surface area contributed by atoms with Crippen LogP contribution in [-0.2, 0) is 10.0 Å². The average molecular weight is 228 g/mol. The number of anilines is 1. The van der Waals surface area contributed by atoms with Crippen molar-refractivity contribution in [2.75, 3.05) is 11.0 Å². The minimum Gasteiger partial charge on any atom is -0.284 e. The van der Waals surface area contributed by atoms with Gasteiger partial charge in [-0.3, -0.25) is 4.72 Å². The number of rotatable bonds is 2. The molecular formula is C7H8FKNO2S. The maximum Gasteiger partial charge on any atom is 0.229 e. The molecule has 0 aliphatic carbocycles. The molecule has 0 aliphatic heterocycles. The summed E-state index contributed by atoms with van der Waals surface area (Å²) in [4.78, 5) is 0. The topological polar surface area (TPSA) is 46.2 Å². The van der Waals surface area contributed by atoms with E-state index < -0.39 is 15.8 Å². The van der Waals surface area contributed by atoms with Gasteiger partial charge in [0.25, 0.3) is 0 Å². The van der Waals surface area contributed by atoms with Crippen molar-refractivity contribution in [3.05, 3.63) is 30.1 Å². The Morgan fingerprint density at radius 2 is 1.69 bits per heavy atom. The third-order valence-corrected chi connectivity index (χ3v) is 1.75. The van der Waals surface area contributed by atoms with Crippen LogP contribution in [0.5, 0.6) is 0 Å². The Morgan fingerprint density at radius 1 is 1.23 bits per heavy atom. The molecule has 1 aromatic carbocycles. The summed E-state index contributed by atoms with van der Waals surface area (Å²) in [6.45, 7) is 0. The first-order chi connectivity index (χ1) is 5.47. The Morgan fingerprint density at radius 3 is 2.08 bits per heavy atom. The first-order valence-electron chi connectivity index (χ1n) is 3.21. The molecule has 0 heterocycles. The fourth-order valence-corrected chi connectivity index (χ4v) is 1.30. The quantitative estimate of drug-likeness (QED) is 0.762. The van der Waals surface area contributed by atoms with E-state index in [0.29, 0.717) is 5.69 Å². The summed E-state index contributed by atoms with van der Waals surface area (Å²) >= 11 is 0. The van der Waals surface area contributed by atoms with E-state index in [1.165, 1.54) is 24.3 Å². The first kappa shape index (κ1) is 13.5. The van der Waals surface area contributed by atoms with Crippen molar-refractivity contribution in [1.82, 2.24) is 0 Å². The van der Waals surface area contributed by atoms with Gasteiger partial charge in [-0.2, -0.15) is 0 Å². The van der Waals surface area contributed by atoms with Crippen molar-refractivity contribution < 1.29 is 12.8 Å². The molecule has 0 saturated carbocycles. The number of sulfonamides is 1. The molecule has 0 bridgehead atoms. The molecule has 0 saturated heterocycles. The van der Waals surface area contributed by atoms with E-state index in [1.54, 1.807) is 0 Å². The molecular weight excluding hydrogens is 220 g/mol. The summed E-state index contributed by atoms with van der Waals surface area (Å²) in [7, 11) is -3.26. The fourth-order valence-electron chi connectivity index (χ4n) is 0.732. The monoisotopic (exact) mass is 228 g/mol. The molecule has 0 unspecified atom stereocenters. The SMILES string of the molecule is CS(=O)(=O)Nc1ccc(F)cc1.[K]. The molecule has 6 heteroatoms. The van der Waals surface area contributed by atoms with Crippen LogP contribution in [0.25, 0.3) is 0 Å². The fraction of sp³-hybridized carbons (Fsp3) is 0.143. The van der Waals surface area contributed by atoms with E-state index >= 15 is 0 Å². The molecule has 1 radical (unpaired) electrons. The van der Waals surface area contributed by atoms with Crippen molar-refractivity contribution in [3.63, 3.8) is 0 Å². The van der Waals surface area contributed by atoms with E-state index in [2.05, 4.69) is 4.72 Å². The van der Waals surface area contributed by atoms with Crippen LogP contribution in [-0.4, -0.2) is 66.1 Å². The van der Waals surface area contributed by atoms with Gasteiger partial charge < -0.3 is 0 Å². The summed E-state index contributed by atoms with van der Waals surface area (Å²) in [6.07, 6.45) is 1.04. The van der Waals surface area contributed by atoms with E-state index in [9.17, 15) is 12.8 Å². The van der Waals surface area contributed by atoms with Gasteiger partial charge >= 0.3 is 0 Å². The van der Waals surface area contributed by atoms with Crippen LogP contribution >= 0.6 is 0 Å². The molecule has 67 valence electrons. The van der Waals surface area contributed by atoms with Crippen molar-refractivity contribution in [2.45, 2.75) is 0 Å². The summed E-state index contributed by atoms with van der Waals surface area (Å²) in [6, 6.07) is 5.09. The zero-order chi connectivity index (χ0) is 9.19. The molecule has 0 fully saturated rings. The van der Waals surface area contributed by atoms with Crippen molar-refractivity contribution >= 4 is 67.1 Å². The number of hydrogen-bond acceptors (Lipinski definition) is 2. The number of hydrogen-bond donors (Lipinski definition) is 1. The van der Waals surface area contributed by atoms with Gasteiger partial charge in [0.1, 0.15) is 5.82 Å². The summed E-state index contributed by atoms with van der Waals surface area (Å²) in [5, 5.41) is 0. The first-order valence-corrected chi connectivity index (χ1v) is 5.10. The van der Waals surface area contributed by atoms with Crippen LogP contribution in [0.3, 0.4) is 0 Å². The molecule has 0 aliphatic rings. The minimum atomic E-state index is -3.26. The summed E-state index contributed by atoms with van der Waals surface area (Å²) in [5.41, 5.74) is 0.360. The molecule has 1 rings (SSSR count). The number of halogens is 1. The average Bonchev–Trinajstić information content (AvgIpc) is 1.91. The van der Waals surface area contributed by atoms with Crippen molar-refractivity contribution in [1.29, 1.82) is 0 Å². The van der Waals surface area contributed by atoms with Gasteiger partial charge in [0, 0.05) is 57.1 Å². The third-order valence-electron chi connectivity index (χ3n) is 1.15. The Balaban J connectivity index is 0.00000144. The second-order valence-corrected chi connectivity index (χ2v) is 4.13. The van der Waals surface area contributed by atoms with Gasteiger partial charge in [-0.15, -0.1) is 0 Å². The second kappa shape index (κ2) is 5.43. The molecule has 1 N–H and O–H groups in total. The molecule has 3 nitrogen and oxygen atoms in total. The van der Waals surface area contributed by atoms with Crippen molar-refractivity contribution in [2.24, 2.45) is 0 Å². The predicted molar refractivity (Wildman–Crippen MR) is 50.6 cm³/mol. The molecule has 0 aromatic heterocycles. The zero-order valence-electron chi connectivity index (χ0n) is 7.41. The van der Waals surface area contributed by atoms with E-state index in [0.717, 1.165) is 6.26 Å². The van der Waals surface area contributed by atoms with Crippen molar-refractivity contribution in [3.8, 4) is 0 Å². The summed E-state index contributed by atoms with van der Waals surface area (Å²) in [5.74, 6) is -0.394. The van der Waals surface area contributed by atoms with Crippen LogP contribution in [0.2, 0.25) is 0 Å². The molecule has 13 heavy (non-hydrogen) atoms. The van der Waals surface area contributed by atoms with E-state index in [4.69, 9.17) is 0 Å².